The van der Waals surface area contributed by atoms with Crippen LogP contribution in [0, 0.1) is 10.1 Å². The second-order valence-electron chi connectivity index (χ2n) is 6.25. The lowest BCUT2D eigenvalue weighted by Gasteiger charge is -2.10. The van der Waals surface area contributed by atoms with Gasteiger partial charge in [-0.25, -0.2) is 0 Å². The van der Waals surface area contributed by atoms with Crippen LogP contribution in [0.25, 0.3) is 11.5 Å². The van der Waals surface area contributed by atoms with Crippen LogP contribution in [0.2, 0.25) is 10.0 Å². The van der Waals surface area contributed by atoms with Crippen molar-refractivity contribution in [2.45, 2.75) is 0 Å². The van der Waals surface area contributed by atoms with Crippen molar-refractivity contribution in [3.8, 4) is 23.0 Å². The minimum Gasteiger partial charge on any atom is -0.463 e. The fourth-order valence-electron chi connectivity index (χ4n) is 2.70. The third-order valence-corrected chi connectivity index (χ3v) is 4.61. The number of furan rings is 1. The number of H-pyrrole nitrogens is 1. The number of aromatic amines is 1. The quantitative estimate of drug-likeness (QED) is 0.272. The van der Waals surface area contributed by atoms with E-state index in [0.717, 1.165) is 0 Å². The maximum Gasteiger partial charge on any atom is 0.276 e. The van der Waals surface area contributed by atoms with E-state index in [-0.39, 0.29) is 33.6 Å². The molecule has 0 aliphatic rings. The van der Waals surface area contributed by atoms with Gasteiger partial charge >= 0.3 is 0 Å². The molecule has 0 fully saturated rings. The molecule has 11 heteroatoms. The first-order chi connectivity index (χ1) is 14.9. The van der Waals surface area contributed by atoms with Crippen molar-refractivity contribution in [2.24, 2.45) is 0 Å². The standard InChI is InChI=1S/C20H12Cl2N4O5/c21-11-3-4-18(15(22)6-11)31-14-8-12(7-13(9-14)26(28)29)23-20(27)17-10-16(24-25-17)19-2-1-5-30-19/h1-10H,(H,23,27)(H,24,25). The van der Waals surface area contributed by atoms with Crippen molar-refractivity contribution in [1.82, 2.24) is 10.2 Å². The summed E-state index contributed by atoms with van der Waals surface area (Å²) >= 11 is 12.0. The highest BCUT2D eigenvalue weighted by atomic mass is 35.5. The number of carbonyl (C=O) groups is 1. The van der Waals surface area contributed by atoms with E-state index >= 15 is 0 Å². The molecule has 9 nitrogen and oxygen atoms in total. The maximum atomic E-state index is 12.6. The molecule has 156 valence electrons. The van der Waals surface area contributed by atoms with E-state index in [2.05, 4.69) is 15.5 Å². The average Bonchev–Trinajstić information content (AvgIpc) is 3.41. The predicted octanol–water partition coefficient (Wildman–Crippen LogP) is 5.93. The summed E-state index contributed by atoms with van der Waals surface area (Å²) in [7, 11) is 0. The molecule has 0 unspecified atom stereocenters. The number of anilines is 1. The predicted molar refractivity (Wildman–Crippen MR) is 114 cm³/mol. The molecule has 0 radical (unpaired) electrons. The summed E-state index contributed by atoms with van der Waals surface area (Å²) in [6.45, 7) is 0. The van der Waals surface area contributed by atoms with Crippen molar-refractivity contribution in [1.29, 1.82) is 0 Å². The molecule has 0 bridgehead atoms. The van der Waals surface area contributed by atoms with Gasteiger partial charge in [-0.2, -0.15) is 5.10 Å². The van der Waals surface area contributed by atoms with Gasteiger partial charge < -0.3 is 14.5 Å². The average molecular weight is 459 g/mol. The van der Waals surface area contributed by atoms with Crippen molar-refractivity contribution < 1.29 is 18.9 Å². The number of aromatic nitrogens is 2. The van der Waals surface area contributed by atoms with Crippen molar-refractivity contribution in [3.05, 3.63) is 86.7 Å². The third kappa shape index (κ3) is 4.68. The summed E-state index contributed by atoms with van der Waals surface area (Å²) in [5.74, 6) is 0.286. The van der Waals surface area contributed by atoms with Gasteiger partial charge in [0.05, 0.1) is 28.0 Å². The molecule has 0 saturated carbocycles. The maximum absolute atomic E-state index is 12.6. The molecule has 2 aromatic heterocycles. The molecule has 2 N–H and O–H groups in total. The van der Waals surface area contributed by atoms with E-state index in [1.165, 1.54) is 42.7 Å². The van der Waals surface area contributed by atoms with Gasteiger partial charge in [-0.1, -0.05) is 23.2 Å². The zero-order valence-corrected chi connectivity index (χ0v) is 17.0. The van der Waals surface area contributed by atoms with Crippen LogP contribution in [-0.4, -0.2) is 21.0 Å². The van der Waals surface area contributed by atoms with Crippen molar-refractivity contribution >= 4 is 40.5 Å². The Labute approximate surface area is 184 Å². The lowest BCUT2D eigenvalue weighted by Crippen LogP contribution is -2.12. The van der Waals surface area contributed by atoms with Crippen LogP contribution in [0.4, 0.5) is 11.4 Å². The second kappa shape index (κ2) is 8.50. The summed E-state index contributed by atoms with van der Waals surface area (Å²) in [5.41, 5.74) is 0.440. The fourth-order valence-corrected chi connectivity index (χ4v) is 3.14. The van der Waals surface area contributed by atoms with Crippen molar-refractivity contribution in [3.63, 3.8) is 0 Å². The third-order valence-electron chi connectivity index (χ3n) is 4.08. The Kier molecular flexibility index (Phi) is 5.61. The minimum absolute atomic E-state index is 0.0705. The largest absolute Gasteiger partial charge is 0.463 e. The lowest BCUT2D eigenvalue weighted by molar-refractivity contribution is -0.384. The van der Waals surface area contributed by atoms with Gasteiger partial charge in [0.1, 0.15) is 17.2 Å². The first kappa shape index (κ1) is 20.5. The van der Waals surface area contributed by atoms with E-state index in [0.29, 0.717) is 16.5 Å². The van der Waals surface area contributed by atoms with Crippen LogP contribution in [0.1, 0.15) is 10.5 Å². The number of nitrogens with one attached hydrogen (secondary N) is 2. The number of non-ortho nitro benzene ring substituents is 1. The molecule has 2 aromatic carbocycles. The summed E-state index contributed by atoms with van der Waals surface area (Å²) in [4.78, 5) is 23.3. The fraction of sp³-hybridized carbons (Fsp3) is 0. The van der Waals surface area contributed by atoms with Gasteiger partial charge in [0.15, 0.2) is 11.5 Å². The Balaban J connectivity index is 1.59. The number of hydrogen-bond donors (Lipinski definition) is 2. The first-order valence-electron chi connectivity index (χ1n) is 8.72. The number of amides is 1. The highest BCUT2D eigenvalue weighted by molar-refractivity contribution is 6.35. The summed E-state index contributed by atoms with van der Waals surface area (Å²) < 4.78 is 10.9. The van der Waals surface area contributed by atoms with Gasteiger partial charge in [-0.3, -0.25) is 20.0 Å². The number of benzene rings is 2. The van der Waals surface area contributed by atoms with Gasteiger partial charge in [0.2, 0.25) is 0 Å². The van der Waals surface area contributed by atoms with Crippen LogP contribution in [0.3, 0.4) is 0 Å². The second-order valence-corrected chi connectivity index (χ2v) is 7.09. The molecule has 0 spiro atoms. The number of nitro benzene ring substituents is 1. The van der Waals surface area contributed by atoms with Crippen molar-refractivity contribution in [2.75, 3.05) is 5.32 Å². The Bertz CT molecular complexity index is 1270. The summed E-state index contributed by atoms with van der Waals surface area (Å²) in [6, 6.07) is 13.3. The summed E-state index contributed by atoms with van der Waals surface area (Å²) in [5, 5.41) is 21.2. The Morgan fingerprint density at radius 3 is 2.71 bits per heavy atom. The van der Waals surface area contributed by atoms with E-state index < -0.39 is 10.8 Å². The van der Waals surface area contributed by atoms with Crippen LogP contribution in [0.5, 0.6) is 11.5 Å². The normalized spacial score (nSPS) is 10.6. The Morgan fingerprint density at radius 2 is 2.00 bits per heavy atom. The number of carbonyl (C=O) groups excluding carboxylic acids is 1. The number of halogens is 2. The minimum atomic E-state index is -0.602. The molecule has 0 aliphatic heterocycles. The molecule has 4 rings (SSSR count). The Morgan fingerprint density at radius 1 is 1.16 bits per heavy atom. The number of rotatable bonds is 6. The number of nitrogens with zero attached hydrogens (tertiary/aromatic N) is 2. The number of ether oxygens (including phenoxy) is 1. The van der Waals surface area contributed by atoms with E-state index in [4.69, 9.17) is 32.4 Å². The molecule has 0 aliphatic carbocycles. The molecule has 4 aromatic rings. The molecule has 1 amide bonds. The highest BCUT2D eigenvalue weighted by Crippen LogP contribution is 2.34. The Hall–Kier alpha value is -3.82. The zero-order chi connectivity index (χ0) is 22.0. The molecular formula is C20H12Cl2N4O5. The van der Waals surface area contributed by atoms with E-state index in [1.54, 1.807) is 18.2 Å². The number of nitro groups is 1. The smallest absolute Gasteiger partial charge is 0.276 e. The van der Waals surface area contributed by atoms with Crippen LogP contribution >= 0.6 is 23.2 Å². The van der Waals surface area contributed by atoms with Gasteiger partial charge in [-0.05, 0) is 30.3 Å². The van der Waals surface area contributed by atoms with Crippen LogP contribution in [-0.2, 0) is 0 Å². The monoisotopic (exact) mass is 458 g/mol. The molecule has 2 heterocycles. The topological polar surface area (TPSA) is 123 Å². The first-order valence-corrected chi connectivity index (χ1v) is 9.47. The van der Waals surface area contributed by atoms with Gasteiger partial charge in [0.25, 0.3) is 11.6 Å². The molecular weight excluding hydrogens is 447 g/mol. The zero-order valence-electron chi connectivity index (χ0n) is 15.5. The molecule has 0 saturated heterocycles. The molecule has 31 heavy (non-hydrogen) atoms. The summed E-state index contributed by atoms with van der Waals surface area (Å²) in [6.07, 6.45) is 1.49. The SMILES string of the molecule is O=C(Nc1cc(Oc2ccc(Cl)cc2Cl)cc([N+](=O)[O-])c1)c1cc(-c2ccco2)[nH]n1. The van der Waals surface area contributed by atoms with E-state index in [1.807, 2.05) is 0 Å². The van der Waals surface area contributed by atoms with Crippen LogP contribution in [0.15, 0.2) is 65.3 Å². The van der Waals surface area contributed by atoms with Gasteiger partial charge in [0, 0.05) is 23.2 Å². The highest BCUT2D eigenvalue weighted by Gasteiger charge is 2.17. The lowest BCUT2D eigenvalue weighted by atomic mass is 10.2. The van der Waals surface area contributed by atoms with Gasteiger partial charge in [-0.15, -0.1) is 0 Å². The van der Waals surface area contributed by atoms with Crippen LogP contribution < -0.4 is 10.1 Å². The number of hydrogen-bond acceptors (Lipinski definition) is 6. The van der Waals surface area contributed by atoms with E-state index in [9.17, 15) is 14.9 Å². The molecule has 0 atom stereocenters.